The molecule has 0 radical (unpaired) electrons. The molecule has 3 N–H and O–H groups in total. The minimum Gasteiger partial charge on any atom is -0.352 e. The molecule has 11 heteroatoms. The van der Waals surface area contributed by atoms with Crippen LogP contribution in [-0.2, 0) is 22.2 Å². The van der Waals surface area contributed by atoms with Gasteiger partial charge in [0.1, 0.15) is 28.7 Å². The van der Waals surface area contributed by atoms with Crippen LogP contribution in [0.3, 0.4) is 0 Å². The minimum atomic E-state index is -3.48. The number of imidazole rings is 1. The van der Waals surface area contributed by atoms with Crippen molar-refractivity contribution in [3.63, 3.8) is 0 Å². The van der Waals surface area contributed by atoms with Crippen molar-refractivity contribution in [2.75, 3.05) is 16.9 Å². The van der Waals surface area contributed by atoms with Crippen LogP contribution in [0.4, 0.5) is 31.8 Å². The summed E-state index contributed by atoms with van der Waals surface area (Å²) < 4.78 is 52.7. The van der Waals surface area contributed by atoms with Gasteiger partial charge in [-0.15, -0.1) is 0 Å². The van der Waals surface area contributed by atoms with Crippen molar-refractivity contribution in [2.24, 2.45) is 0 Å². The molecule has 0 bridgehead atoms. The van der Waals surface area contributed by atoms with Crippen LogP contribution in [0.25, 0.3) is 11.2 Å². The van der Waals surface area contributed by atoms with Crippen LogP contribution < -0.4 is 10.6 Å². The number of hydrogen-bond donors (Lipinski definition) is 3. The van der Waals surface area contributed by atoms with Crippen LogP contribution in [0.5, 0.6) is 0 Å². The fourth-order valence-electron chi connectivity index (χ4n) is 3.92. The first-order valence-corrected chi connectivity index (χ1v) is 12.1. The van der Waals surface area contributed by atoms with Crippen molar-refractivity contribution < 1.29 is 17.2 Å². The Hall–Kier alpha value is -3.60. The predicted molar refractivity (Wildman–Crippen MR) is 121 cm³/mol. The van der Waals surface area contributed by atoms with Gasteiger partial charge in [0.25, 0.3) is 5.92 Å². The summed E-state index contributed by atoms with van der Waals surface area (Å²) in [6, 6.07) is 11.4. The van der Waals surface area contributed by atoms with Gasteiger partial charge in [-0.05, 0) is 37.1 Å². The smallest absolute Gasteiger partial charge is 0.290 e. The second-order valence-electron chi connectivity index (χ2n) is 8.00. The Morgan fingerprint density at radius 1 is 1.00 bits per heavy atom. The van der Waals surface area contributed by atoms with E-state index < -0.39 is 15.8 Å². The number of para-hydroxylation sites is 1. The fraction of sp³-hybridized carbons (Fsp3) is 0.227. The molecule has 5 rings (SSSR count). The van der Waals surface area contributed by atoms with Crippen molar-refractivity contribution >= 4 is 44.0 Å². The van der Waals surface area contributed by atoms with E-state index in [1.54, 1.807) is 43.3 Å². The molecular weight excluding hydrogens is 450 g/mol. The summed E-state index contributed by atoms with van der Waals surface area (Å²) in [7, 11) is -3.48. The topological polar surface area (TPSA) is 113 Å². The number of aromatic amines is 1. The number of aromatic nitrogens is 4. The first-order chi connectivity index (χ1) is 15.6. The molecule has 0 unspecified atom stereocenters. The third kappa shape index (κ3) is 3.99. The van der Waals surface area contributed by atoms with E-state index in [0.717, 1.165) is 6.26 Å². The van der Waals surface area contributed by atoms with Crippen molar-refractivity contribution in [1.82, 2.24) is 19.9 Å². The Labute approximate surface area is 188 Å². The Morgan fingerprint density at radius 3 is 2.58 bits per heavy atom. The van der Waals surface area contributed by atoms with Gasteiger partial charge in [0.05, 0.1) is 16.3 Å². The highest BCUT2D eigenvalue weighted by molar-refractivity contribution is 7.90. The first kappa shape index (κ1) is 21.3. The van der Waals surface area contributed by atoms with Crippen molar-refractivity contribution in [3.05, 3.63) is 59.5 Å². The number of anilines is 4. The molecule has 1 aliphatic carbocycles. The van der Waals surface area contributed by atoms with Crippen LogP contribution in [0.15, 0.2) is 47.4 Å². The summed E-state index contributed by atoms with van der Waals surface area (Å²) in [5, 5.41) is 6.12. The van der Waals surface area contributed by atoms with Gasteiger partial charge in [0.2, 0.25) is 0 Å². The largest absolute Gasteiger partial charge is 0.352 e. The van der Waals surface area contributed by atoms with Crippen molar-refractivity contribution in [1.29, 1.82) is 0 Å². The van der Waals surface area contributed by atoms with E-state index in [9.17, 15) is 17.2 Å². The molecule has 8 nitrogen and oxygen atoms in total. The average Bonchev–Trinajstić information content (AvgIpc) is 3.26. The molecular formula is C22H20F2N6O2S. The molecule has 170 valence electrons. The van der Waals surface area contributed by atoms with Gasteiger partial charge >= 0.3 is 0 Å². The van der Waals surface area contributed by atoms with E-state index in [1.807, 2.05) is 0 Å². The average molecular weight is 471 g/mol. The lowest BCUT2D eigenvalue weighted by Gasteiger charge is -2.14. The summed E-state index contributed by atoms with van der Waals surface area (Å²) in [5.41, 5.74) is 2.16. The molecule has 0 spiro atoms. The van der Waals surface area contributed by atoms with E-state index in [-0.39, 0.29) is 22.8 Å². The van der Waals surface area contributed by atoms with Crippen molar-refractivity contribution in [2.45, 2.75) is 30.6 Å². The third-order valence-electron chi connectivity index (χ3n) is 5.42. The third-order valence-corrected chi connectivity index (χ3v) is 6.57. The maximum absolute atomic E-state index is 14.1. The standard InChI is InChI=1S/C22H20F2N6O2S/c1-12-25-19-15(27-14-5-3-4-6-16(14)33(2,31)32)11-18(30-21(19)26-12)28-17-8-7-13-9-10-22(23,24)20(13)29-17/h3-8,11H,9-10H2,1-2H3,(H3,25,26,27,28,29,30). The molecule has 4 aromatic rings. The van der Waals surface area contributed by atoms with Gasteiger partial charge in [-0.3, -0.25) is 0 Å². The Bertz CT molecular complexity index is 1500. The molecule has 33 heavy (non-hydrogen) atoms. The Kier molecular flexibility index (Phi) is 4.82. The fourth-order valence-corrected chi connectivity index (χ4v) is 4.76. The summed E-state index contributed by atoms with van der Waals surface area (Å²) in [5.74, 6) is -1.77. The number of sulfone groups is 1. The quantitative estimate of drug-likeness (QED) is 0.391. The molecule has 0 aliphatic heterocycles. The zero-order chi connectivity index (χ0) is 23.4. The first-order valence-electron chi connectivity index (χ1n) is 10.2. The predicted octanol–water partition coefficient (Wildman–Crippen LogP) is 4.59. The molecule has 1 aliphatic rings. The Balaban J connectivity index is 1.56. The number of rotatable bonds is 5. The summed E-state index contributed by atoms with van der Waals surface area (Å²) in [6.45, 7) is 1.77. The Morgan fingerprint density at radius 2 is 1.79 bits per heavy atom. The highest BCUT2D eigenvalue weighted by Gasteiger charge is 2.40. The number of aryl methyl sites for hydroxylation is 2. The molecule has 1 aromatic carbocycles. The normalized spacial score (nSPS) is 14.9. The van der Waals surface area contributed by atoms with Gasteiger partial charge in [-0.25, -0.2) is 23.4 Å². The molecule has 0 amide bonds. The molecule has 3 heterocycles. The zero-order valence-electron chi connectivity index (χ0n) is 17.8. The number of nitrogens with one attached hydrogen (secondary N) is 3. The van der Waals surface area contributed by atoms with Crippen molar-refractivity contribution in [3.8, 4) is 0 Å². The number of H-pyrrole nitrogens is 1. The number of pyridine rings is 2. The van der Waals surface area contributed by atoms with Crippen LogP contribution in [0.2, 0.25) is 0 Å². The lowest BCUT2D eigenvalue weighted by molar-refractivity contribution is -0.00581. The molecule has 0 atom stereocenters. The maximum atomic E-state index is 14.1. The molecule has 0 fully saturated rings. The lowest BCUT2D eigenvalue weighted by Crippen LogP contribution is -2.11. The zero-order valence-corrected chi connectivity index (χ0v) is 18.6. The van der Waals surface area contributed by atoms with Crippen LogP contribution >= 0.6 is 0 Å². The number of fused-ring (bicyclic) bond motifs is 2. The number of hydrogen-bond acceptors (Lipinski definition) is 7. The van der Waals surface area contributed by atoms with E-state index in [4.69, 9.17) is 0 Å². The highest BCUT2D eigenvalue weighted by atomic mass is 32.2. The van der Waals surface area contributed by atoms with Crippen LogP contribution in [0, 0.1) is 6.92 Å². The molecule has 0 saturated carbocycles. The number of alkyl halides is 2. The summed E-state index contributed by atoms with van der Waals surface area (Å²) in [6.07, 6.45) is 1.18. The second-order valence-corrected chi connectivity index (χ2v) is 9.99. The van der Waals surface area contributed by atoms with Gasteiger partial charge < -0.3 is 15.6 Å². The van der Waals surface area contributed by atoms with E-state index >= 15 is 0 Å². The van der Waals surface area contributed by atoms with Gasteiger partial charge in [-0.1, -0.05) is 18.2 Å². The maximum Gasteiger partial charge on any atom is 0.290 e. The van der Waals surface area contributed by atoms with E-state index in [1.165, 1.54) is 6.07 Å². The van der Waals surface area contributed by atoms with Gasteiger partial charge in [0.15, 0.2) is 15.5 Å². The SMILES string of the molecule is Cc1nc2c(Nc3ccccc3S(C)(=O)=O)cc(Nc3ccc4c(n3)C(F)(F)CC4)nc2[nH]1. The monoisotopic (exact) mass is 470 g/mol. The molecule has 3 aromatic heterocycles. The number of nitrogens with zero attached hydrogens (tertiary/aromatic N) is 3. The summed E-state index contributed by atoms with van der Waals surface area (Å²) in [4.78, 5) is 16.2. The minimum absolute atomic E-state index is 0.138. The highest BCUT2D eigenvalue weighted by Crippen LogP contribution is 2.41. The van der Waals surface area contributed by atoms with Crippen LogP contribution in [0.1, 0.15) is 23.5 Å². The van der Waals surface area contributed by atoms with E-state index in [2.05, 4.69) is 30.6 Å². The number of halogens is 2. The lowest BCUT2D eigenvalue weighted by atomic mass is 10.2. The van der Waals surface area contributed by atoms with Gasteiger partial charge in [0, 0.05) is 18.7 Å². The second kappa shape index (κ2) is 7.48. The van der Waals surface area contributed by atoms with Crippen LogP contribution in [-0.4, -0.2) is 34.6 Å². The summed E-state index contributed by atoms with van der Waals surface area (Å²) >= 11 is 0. The van der Waals surface area contributed by atoms with Gasteiger partial charge in [-0.2, -0.15) is 8.78 Å². The molecule has 0 saturated heterocycles. The number of benzene rings is 1. The van der Waals surface area contributed by atoms with E-state index in [0.29, 0.717) is 46.2 Å².